The molecule has 25 heavy (non-hydrogen) atoms. The largest absolute Gasteiger partial charge is 0.455 e. The molecule has 0 N–H and O–H groups in total. The molecule has 13 heteroatoms. The van der Waals surface area contributed by atoms with Crippen LogP contribution in [0.4, 0.5) is 26.3 Å². The number of nitrogens with zero attached hydrogens (tertiary/aromatic N) is 2. The average Bonchev–Trinajstić information content (AvgIpc) is 2.82. The molecule has 1 heterocycles. The molecule has 2 rings (SSSR count). The molecule has 136 valence electrons. The van der Waals surface area contributed by atoms with Crippen molar-refractivity contribution in [2.45, 2.75) is 12.4 Å². The van der Waals surface area contributed by atoms with Gasteiger partial charge in [0.15, 0.2) is 0 Å². The first-order valence-electron chi connectivity index (χ1n) is 5.87. The van der Waals surface area contributed by atoms with Crippen LogP contribution < -0.4 is 0 Å². The third-order valence-corrected chi connectivity index (χ3v) is 6.00. The molecule has 0 unspecified atom stereocenters. The van der Waals surface area contributed by atoms with E-state index in [1.807, 2.05) is 0 Å². The minimum atomic E-state index is -5.13. The van der Waals surface area contributed by atoms with Gasteiger partial charge in [-0.1, -0.05) is 23.2 Å². The summed E-state index contributed by atoms with van der Waals surface area (Å²) in [7, 11) is 0. The highest BCUT2D eigenvalue weighted by atomic mass is 127. The Balaban J connectivity index is 2.68. The van der Waals surface area contributed by atoms with Crippen molar-refractivity contribution in [2.75, 3.05) is 0 Å². The summed E-state index contributed by atoms with van der Waals surface area (Å²) in [5.74, 6) is -2.14. The van der Waals surface area contributed by atoms with Gasteiger partial charge in [-0.15, -0.1) is 0 Å². The summed E-state index contributed by atoms with van der Waals surface area (Å²) in [5.41, 5.74) is -2.12. The van der Waals surface area contributed by atoms with E-state index < -0.39 is 42.9 Å². The minimum absolute atomic E-state index is 0.258. The van der Waals surface area contributed by atoms with Crippen LogP contribution in [0, 0.1) is 7.27 Å². The van der Waals surface area contributed by atoms with E-state index in [1.165, 1.54) is 45.2 Å². The van der Waals surface area contributed by atoms with Crippen LogP contribution in [-0.2, 0) is 6.18 Å². The van der Waals surface area contributed by atoms with Gasteiger partial charge in [0.05, 0.1) is 27.4 Å². The van der Waals surface area contributed by atoms with E-state index in [1.54, 1.807) is 0 Å². The van der Waals surface area contributed by atoms with E-state index >= 15 is 0 Å². The van der Waals surface area contributed by atoms with Gasteiger partial charge in [0, 0.05) is 3.57 Å². The van der Waals surface area contributed by atoms with Crippen LogP contribution in [0.25, 0.3) is 5.69 Å². The highest BCUT2D eigenvalue weighted by molar-refractivity contribution is 14.1. The van der Waals surface area contributed by atoms with E-state index in [2.05, 4.69) is 5.10 Å². The molecule has 2 aromatic rings. The van der Waals surface area contributed by atoms with E-state index in [9.17, 15) is 31.1 Å². The van der Waals surface area contributed by atoms with Gasteiger partial charge in [0.25, 0.3) is 5.78 Å². The normalized spacial score (nSPS) is 12.6. The second kappa shape index (κ2) is 7.03. The molecule has 0 aliphatic rings. The number of rotatable bonds is 2. The van der Waals surface area contributed by atoms with Crippen LogP contribution in [0.3, 0.4) is 0 Å². The molecule has 0 fully saturated rings. The summed E-state index contributed by atoms with van der Waals surface area (Å²) in [4.78, 5) is 11.4. The standard InChI is InChI=1S/C12H2Cl2F6I2N2O/c13-5-1-4(11(15,16)17)7(21)6(14)8(5)24-10(22)3(2-23-24)9(25)12(18,19)20/h1-2H. The van der Waals surface area contributed by atoms with Gasteiger partial charge in [0.2, 0.25) is 0 Å². The fourth-order valence-electron chi connectivity index (χ4n) is 1.78. The molecule has 0 spiro atoms. The summed E-state index contributed by atoms with van der Waals surface area (Å²) < 4.78 is 76.6. The smallest absolute Gasteiger partial charge is 0.284 e. The molecule has 0 saturated carbocycles. The molecular weight excluding hydrogens is 627 g/mol. The third-order valence-electron chi connectivity index (χ3n) is 2.86. The lowest BCUT2D eigenvalue weighted by Gasteiger charge is -2.16. The zero-order chi connectivity index (χ0) is 19.3. The Kier molecular flexibility index (Phi) is 5.92. The first-order valence-corrected chi connectivity index (χ1v) is 8.78. The topological polar surface area (TPSA) is 34.9 Å². The van der Waals surface area contributed by atoms with Gasteiger partial charge in [-0.05, 0) is 51.2 Å². The van der Waals surface area contributed by atoms with Crippen molar-refractivity contribution in [2.24, 2.45) is 0 Å². The Morgan fingerprint density at radius 1 is 1.12 bits per heavy atom. The lowest BCUT2D eigenvalue weighted by atomic mass is 10.2. The maximum Gasteiger partial charge on any atom is 0.455 e. The highest BCUT2D eigenvalue weighted by Crippen LogP contribution is 2.42. The van der Waals surface area contributed by atoms with Gasteiger partial charge in [-0.2, -0.15) is 31.4 Å². The quantitative estimate of drug-likeness (QED) is 0.173. The molecular formula is C12H2Cl2F6I2N2O. The first kappa shape index (κ1) is 21.0. The minimum Gasteiger partial charge on any atom is -0.284 e. The first-order chi connectivity index (χ1) is 11.3. The van der Waals surface area contributed by atoms with Crippen molar-refractivity contribution in [1.82, 2.24) is 9.78 Å². The maximum absolute atomic E-state index is 12.9. The predicted molar refractivity (Wildman–Crippen MR) is 94.4 cm³/mol. The van der Waals surface area contributed by atoms with Gasteiger partial charge < -0.3 is 0 Å². The maximum atomic E-state index is 12.9. The fraction of sp³-hybridized carbons (Fsp3) is 0.167. The lowest BCUT2D eigenvalue weighted by molar-refractivity contribution is -0.138. The molecule has 1 aromatic heterocycles. The van der Waals surface area contributed by atoms with Crippen molar-refractivity contribution < 1.29 is 31.1 Å². The van der Waals surface area contributed by atoms with E-state index in [4.69, 9.17) is 23.2 Å². The van der Waals surface area contributed by atoms with Crippen molar-refractivity contribution in [3.8, 4) is 5.69 Å². The molecule has 1 aromatic carbocycles. The zero-order valence-electron chi connectivity index (χ0n) is 11.2. The van der Waals surface area contributed by atoms with Crippen molar-refractivity contribution in [3.63, 3.8) is 0 Å². The number of carbonyl (C=O) groups is 1. The van der Waals surface area contributed by atoms with Crippen LogP contribution >= 0.6 is 68.4 Å². The monoisotopic (exact) mass is 628 g/mol. The molecule has 0 amide bonds. The van der Waals surface area contributed by atoms with E-state index in [0.29, 0.717) is 12.3 Å². The highest BCUT2D eigenvalue weighted by Gasteiger charge is 2.42. The fourth-order valence-corrected chi connectivity index (χ4v) is 3.86. The number of aromatic nitrogens is 2. The summed E-state index contributed by atoms with van der Waals surface area (Å²) in [6.45, 7) is 0. The molecule has 0 atom stereocenters. The number of halogens is 10. The summed E-state index contributed by atoms with van der Waals surface area (Å²) in [6, 6.07) is 0.591. The Bertz CT molecular complexity index is 863. The molecule has 0 aliphatic heterocycles. The molecule has 0 aliphatic carbocycles. The molecule has 0 bridgehead atoms. The number of hydrogen-bond acceptors (Lipinski definition) is 2. The summed E-state index contributed by atoms with van der Waals surface area (Å²) in [5, 5.41) is 2.68. The van der Waals surface area contributed by atoms with Gasteiger partial charge in [0.1, 0.15) is 9.39 Å². The Labute approximate surface area is 172 Å². The van der Waals surface area contributed by atoms with Crippen molar-refractivity contribution >= 4 is 74.2 Å². The van der Waals surface area contributed by atoms with Crippen LogP contribution in [0.15, 0.2) is 12.3 Å². The molecule has 0 saturated heterocycles. The van der Waals surface area contributed by atoms with Crippen LogP contribution in [0.2, 0.25) is 10.0 Å². The second-order valence-corrected chi connectivity index (χ2v) is 7.35. The van der Waals surface area contributed by atoms with Crippen molar-refractivity contribution in [1.29, 1.82) is 0 Å². The zero-order valence-corrected chi connectivity index (χ0v) is 17.1. The number of ketones is 1. The number of hydrogen-bond donors (Lipinski definition) is 0. The Morgan fingerprint density at radius 3 is 2.16 bits per heavy atom. The second-order valence-electron chi connectivity index (χ2n) is 4.47. The molecule has 3 nitrogen and oxygen atoms in total. The van der Waals surface area contributed by atoms with E-state index in [0.717, 1.165) is 4.68 Å². The van der Waals surface area contributed by atoms with Crippen LogP contribution in [0.5, 0.6) is 0 Å². The predicted octanol–water partition coefficient (Wildman–Crippen LogP) is 6.15. The Morgan fingerprint density at radius 2 is 1.68 bits per heavy atom. The van der Waals surface area contributed by atoms with Gasteiger partial charge in [-0.25, -0.2) is 4.68 Å². The number of Topliss-reactive ketones (excluding diaryl/α,β-unsaturated/α-hetero) is 1. The SMILES string of the molecule is O=C(c1cnn(-c2c(Cl)cc(C(F)(F)F)c(I)c2Cl)c1I)C(F)(F)F. The third kappa shape index (κ3) is 4.03. The van der Waals surface area contributed by atoms with Crippen molar-refractivity contribution in [3.05, 3.63) is 40.7 Å². The van der Waals surface area contributed by atoms with Gasteiger partial charge >= 0.3 is 12.4 Å². The summed E-state index contributed by atoms with van der Waals surface area (Å²) >= 11 is 14.5. The van der Waals surface area contributed by atoms with Gasteiger partial charge in [-0.3, -0.25) is 4.79 Å². The van der Waals surface area contributed by atoms with Crippen LogP contribution in [-0.4, -0.2) is 21.7 Å². The lowest BCUT2D eigenvalue weighted by Crippen LogP contribution is -2.23. The molecule has 0 radical (unpaired) electrons. The van der Waals surface area contributed by atoms with Crippen LogP contribution in [0.1, 0.15) is 15.9 Å². The Hall–Kier alpha value is -0.280. The van der Waals surface area contributed by atoms with E-state index in [-0.39, 0.29) is 9.39 Å². The number of alkyl halides is 6. The number of carbonyl (C=O) groups excluding carboxylic acids is 1. The summed E-state index contributed by atoms with van der Waals surface area (Å²) in [6.07, 6.45) is -9.21. The average molecular weight is 629 g/mol. The number of benzene rings is 1.